The van der Waals surface area contributed by atoms with Crippen molar-refractivity contribution < 1.29 is 0 Å². The van der Waals surface area contributed by atoms with E-state index in [0.29, 0.717) is 0 Å². The van der Waals surface area contributed by atoms with E-state index in [1.165, 1.54) is 15.6 Å². The van der Waals surface area contributed by atoms with Crippen molar-refractivity contribution in [3.63, 3.8) is 0 Å². The van der Waals surface area contributed by atoms with E-state index >= 15 is 0 Å². The van der Waals surface area contributed by atoms with Crippen LogP contribution in [0.3, 0.4) is 0 Å². The zero-order valence-electron chi connectivity index (χ0n) is 10.8. The van der Waals surface area contributed by atoms with E-state index in [1.807, 2.05) is 11.3 Å². The van der Waals surface area contributed by atoms with Gasteiger partial charge in [0.25, 0.3) is 0 Å². The molecule has 1 aromatic heterocycles. The van der Waals surface area contributed by atoms with Gasteiger partial charge in [0, 0.05) is 11.4 Å². The highest BCUT2D eigenvalue weighted by atomic mass is 32.1. The van der Waals surface area contributed by atoms with Gasteiger partial charge in [-0.1, -0.05) is 20.8 Å². The fourth-order valence-electron chi connectivity index (χ4n) is 1.60. The van der Waals surface area contributed by atoms with Crippen LogP contribution in [0.1, 0.15) is 36.3 Å². The fraction of sp³-hybridized carbons (Fsp3) is 0.750. The first kappa shape index (κ1) is 13.6. The molecule has 0 saturated heterocycles. The van der Waals surface area contributed by atoms with Crippen molar-refractivity contribution in [2.75, 3.05) is 19.6 Å². The Morgan fingerprint density at radius 1 is 1.25 bits per heavy atom. The van der Waals surface area contributed by atoms with E-state index < -0.39 is 0 Å². The summed E-state index contributed by atoms with van der Waals surface area (Å²) in [6, 6.07) is 0. The minimum Gasteiger partial charge on any atom is -0.312 e. The Bertz CT molecular complexity index is 305. The molecule has 0 atom stereocenters. The van der Waals surface area contributed by atoms with Gasteiger partial charge in [0.15, 0.2) is 0 Å². The van der Waals surface area contributed by atoms with Gasteiger partial charge in [0.05, 0.1) is 12.2 Å². The second kappa shape index (κ2) is 6.99. The molecule has 1 rings (SSSR count). The van der Waals surface area contributed by atoms with Crippen LogP contribution in [-0.4, -0.2) is 29.5 Å². The van der Waals surface area contributed by atoms with Crippen molar-refractivity contribution in [1.29, 1.82) is 0 Å². The van der Waals surface area contributed by atoms with Gasteiger partial charge in [-0.2, -0.15) is 0 Å². The van der Waals surface area contributed by atoms with E-state index in [1.54, 1.807) is 0 Å². The molecule has 0 saturated carbocycles. The van der Waals surface area contributed by atoms with Crippen LogP contribution in [0.15, 0.2) is 0 Å². The number of nitrogens with zero attached hydrogens (tertiary/aromatic N) is 2. The van der Waals surface area contributed by atoms with E-state index in [-0.39, 0.29) is 0 Å². The third-order valence-electron chi connectivity index (χ3n) is 2.73. The maximum absolute atomic E-state index is 4.64. The van der Waals surface area contributed by atoms with Gasteiger partial charge in [0.2, 0.25) is 0 Å². The summed E-state index contributed by atoms with van der Waals surface area (Å²) in [6.45, 7) is 13.8. The van der Waals surface area contributed by atoms with E-state index in [2.05, 4.69) is 42.9 Å². The maximum Gasteiger partial charge on any atom is 0.107 e. The largest absolute Gasteiger partial charge is 0.312 e. The summed E-state index contributed by atoms with van der Waals surface area (Å²) in [6.07, 6.45) is 0. The maximum atomic E-state index is 4.64. The van der Waals surface area contributed by atoms with Gasteiger partial charge < -0.3 is 5.32 Å². The third kappa shape index (κ3) is 3.85. The summed E-state index contributed by atoms with van der Waals surface area (Å²) in [5, 5.41) is 4.60. The first-order chi connectivity index (χ1) is 7.71. The molecule has 92 valence electrons. The van der Waals surface area contributed by atoms with Crippen molar-refractivity contribution in [2.45, 2.75) is 40.8 Å². The molecule has 0 radical (unpaired) electrons. The first-order valence-electron chi connectivity index (χ1n) is 6.09. The van der Waals surface area contributed by atoms with Crippen molar-refractivity contribution >= 4 is 11.3 Å². The Morgan fingerprint density at radius 2 is 1.94 bits per heavy atom. The van der Waals surface area contributed by atoms with Crippen molar-refractivity contribution in [2.24, 2.45) is 0 Å². The predicted octanol–water partition coefficient (Wildman–Crippen LogP) is 2.40. The second-order valence-corrected chi connectivity index (χ2v) is 5.03. The van der Waals surface area contributed by atoms with Crippen LogP contribution in [0.2, 0.25) is 0 Å². The Hall–Kier alpha value is -0.450. The monoisotopic (exact) mass is 241 g/mol. The normalized spacial score (nSPS) is 11.3. The quantitative estimate of drug-likeness (QED) is 0.794. The summed E-state index contributed by atoms with van der Waals surface area (Å²) >= 11 is 1.84. The molecule has 4 heteroatoms. The predicted molar refractivity (Wildman–Crippen MR) is 70.9 cm³/mol. The average molecular weight is 241 g/mol. The van der Waals surface area contributed by atoms with E-state index in [9.17, 15) is 0 Å². The number of thiazole rings is 1. The number of hydrogen-bond donors (Lipinski definition) is 1. The number of aryl methyl sites for hydroxylation is 1. The lowest BCUT2D eigenvalue weighted by Gasteiger charge is -2.15. The minimum atomic E-state index is 0.957. The molecule has 1 N–H and O–H groups in total. The molecular weight excluding hydrogens is 218 g/mol. The van der Waals surface area contributed by atoms with Gasteiger partial charge >= 0.3 is 0 Å². The zero-order valence-corrected chi connectivity index (χ0v) is 11.7. The molecule has 0 spiro atoms. The van der Waals surface area contributed by atoms with Crippen LogP contribution in [0.25, 0.3) is 0 Å². The smallest absolute Gasteiger partial charge is 0.107 e. The molecule has 1 aromatic rings. The molecule has 0 fully saturated rings. The van der Waals surface area contributed by atoms with Crippen LogP contribution in [0.4, 0.5) is 0 Å². The minimum absolute atomic E-state index is 0.957. The molecule has 1 heterocycles. The Morgan fingerprint density at radius 3 is 2.50 bits per heavy atom. The van der Waals surface area contributed by atoms with E-state index in [0.717, 1.165) is 32.7 Å². The van der Waals surface area contributed by atoms with Crippen LogP contribution < -0.4 is 5.32 Å². The van der Waals surface area contributed by atoms with Gasteiger partial charge in [-0.25, -0.2) is 4.98 Å². The van der Waals surface area contributed by atoms with Crippen LogP contribution in [0.5, 0.6) is 0 Å². The number of nitrogens with one attached hydrogen (secondary N) is 1. The van der Waals surface area contributed by atoms with Gasteiger partial charge in [0.1, 0.15) is 5.01 Å². The van der Waals surface area contributed by atoms with Crippen molar-refractivity contribution in [3.8, 4) is 0 Å². The summed E-state index contributed by atoms with van der Waals surface area (Å²) < 4.78 is 0. The van der Waals surface area contributed by atoms with Crippen LogP contribution in [0, 0.1) is 6.92 Å². The number of rotatable bonds is 7. The standard InChI is InChI=1S/C12H23N3S/c1-5-13-8-11-10(4)14-12(16-11)9-15(6-2)7-3/h13H,5-9H2,1-4H3. The molecule has 16 heavy (non-hydrogen) atoms. The average Bonchev–Trinajstić information content (AvgIpc) is 2.64. The van der Waals surface area contributed by atoms with Gasteiger partial charge in [-0.15, -0.1) is 11.3 Å². The summed E-state index contributed by atoms with van der Waals surface area (Å²) in [7, 11) is 0. The summed E-state index contributed by atoms with van der Waals surface area (Å²) in [5.41, 5.74) is 1.19. The Kier molecular flexibility index (Phi) is 5.95. The van der Waals surface area contributed by atoms with Crippen molar-refractivity contribution in [3.05, 3.63) is 15.6 Å². The molecular formula is C12H23N3S. The molecule has 0 aliphatic rings. The molecule has 0 amide bonds. The second-order valence-electron chi connectivity index (χ2n) is 3.86. The molecule has 0 unspecified atom stereocenters. The lowest BCUT2D eigenvalue weighted by Crippen LogP contribution is -2.21. The molecule has 3 nitrogen and oxygen atoms in total. The lowest BCUT2D eigenvalue weighted by atomic mass is 10.4. The number of hydrogen-bond acceptors (Lipinski definition) is 4. The molecule has 0 aromatic carbocycles. The lowest BCUT2D eigenvalue weighted by molar-refractivity contribution is 0.295. The Labute approximate surface area is 103 Å². The fourth-order valence-corrected chi connectivity index (χ4v) is 2.68. The summed E-state index contributed by atoms with van der Waals surface area (Å²) in [4.78, 5) is 8.41. The van der Waals surface area contributed by atoms with Gasteiger partial charge in [-0.3, -0.25) is 4.90 Å². The van der Waals surface area contributed by atoms with Crippen LogP contribution in [-0.2, 0) is 13.1 Å². The van der Waals surface area contributed by atoms with Crippen molar-refractivity contribution in [1.82, 2.24) is 15.2 Å². The molecule has 0 bridgehead atoms. The topological polar surface area (TPSA) is 28.2 Å². The molecule has 0 aliphatic carbocycles. The first-order valence-corrected chi connectivity index (χ1v) is 6.91. The third-order valence-corrected chi connectivity index (χ3v) is 3.87. The molecule has 0 aliphatic heterocycles. The Balaban J connectivity index is 2.61. The zero-order chi connectivity index (χ0) is 12.0. The van der Waals surface area contributed by atoms with Crippen LogP contribution >= 0.6 is 11.3 Å². The SMILES string of the molecule is CCNCc1sc(CN(CC)CC)nc1C. The van der Waals surface area contributed by atoms with E-state index in [4.69, 9.17) is 0 Å². The summed E-state index contributed by atoms with van der Waals surface area (Å²) in [5.74, 6) is 0. The highest BCUT2D eigenvalue weighted by Gasteiger charge is 2.09. The highest BCUT2D eigenvalue weighted by Crippen LogP contribution is 2.19. The van der Waals surface area contributed by atoms with Gasteiger partial charge in [-0.05, 0) is 26.6 Å². The number of aromatic nitrogens is 1. The highest BCUT2D eigenvalue weighted by molar-refractivity contribution is 7.11.